The first-order chi connectivity index (χ1) is 7.50. The van der Waals surface area contributed by atoms with Gasteiger partial charge in [-0.2, -0.15) is 0 Å². The van der Waals surface area contributed by atoms with Crippen LogP contribution in [-0.2, 0) is 4.79 Å². The lowest BCUT2D eigenvalue weighted by atomic mass is 10.00. The molecule has 0 atom stereocenters. The Labute approximate surface area is 94.5 Å². The van der Waals surface area contributed by atoms with Gasteiger partial charge >= 0.3 is 0 Å². The topological polar surface area (TPSA) is 34.1 Å². The Morgan fingerprint density at radius 2 is 1.88 bits per heavy atom. The normalized spacial score (nSPS) is 10.5. The maximum absolute atomic E-state index is 13.2. The fraction of sp³-hybridized carbons (Fsp3) is 0.385. The van der Waals surface area contributed by atoms with Crippen LogP contribution in [0.5, 0.6) is 0 Å². The third-order valence-corrected chi connectivity index (χ3v) is 2.17. The Hall–Kier alpha value is -1.51. The summed E-state index contributed by atoms with van der Waals surface area (Å²) >= 11 is 0. The molecule has 0 heterocycles. The van der Waals surface area contributed by atoms with Crippen molar-refractivity contribution in [1.82, 2.24) is 0 Å². The van der Waals surface area contributed by atoms with Gasteiger partial charge in [-0.3, -0.25) is 9.59 Å². The van der Waals surface area contributed by atoms with Gasteiger partial charge in [0.1, 0.15) is 11.6 Å². The van der Waals surface area contributed by atoms with Crippen LogP contribution in [0.15, 0.2) is 24.3 Å². The molecule has 0 aliphatic rings. The molecule has 3 heteroatoms. The van der Waals surface area contributed by atoms with E-state index >= 15 is 0 Å². The molecule has 0 N–H and O–H groups in total. The van der Waals surface area contributed by atoms with Crippen LogP contribution < -0.4 is 0 Å². The monoisotopic (exact) mass is 222 g/mol. The molecule has 0 fully saturated rings. The van der Waals surface area contributed by atoms with Crippen molar-refractivity contribution in [3.63, 3.8) is 0 Å². The maximum Gasteiger partial charge on any atom is 0.173 e. The number of ketones is 2. The van der Waals surface area contributed by atoms with Crippen LogP contribution >= 0.6 is 0 Å². The van der Waals surface area contributed by atoms with Gasteiger partial charge in [-0.15, -0.1) is 0 Å². The van der Waals surface area contributed by atoms with E-state index in [4.69, 9.17) is 0 Å². The predicted octanol–water partition coefficient (Wildman–Crippen LogP) is 3.01. The molecule has 0 aromatic heterocycles. The largest absolute Gasteiger partial charge is 0.299 e. The van der Waals surface area contributed by atoms with Crippen molar-refractivity contribution < 1.29 is 14.0 Å². The van der Waals surface area contributed by atoms with Crippen molar-refractivity contribution in [2.45, 2.75) is 26.7 Å². The van der Waals surface area contributed by atoms with Crippen LogP contribution in [0.4, 0.5) is 4.39 Å². The van der Waals surface area contributed by atoms with Crippen molar-refractivity contribution in [3.05, 3.63) is 35.6 Å². The first kappa shape index (κ1) is 12.6. The van der Waals surface area contributed by atoms with Gasteiger partial charge in [-0.1, -0.05) is 26.0 Å². The van der Waals surface area contributed by atoms with E-state index in [0.29, 0.717) is 6.42 Å². The summed E-state index contributed by atoms with van der Waals surface area (Å²) in [6.07, 6.45) is 0.152. The lowest BCUT2D eigenvalue weighted by Crippen LogP contribution is -2.11. The third-order valence-electron chi connectivity index (χ3n) is 2.17. The highest BCUT2D eigenvalue weighted by molar-refractivity contribution is 6.08. The van der Waals surface area contributed by atoms with Crippen LogP contribution in [0.25, 0.3) is 0 Å². The molecule has 0 amide bonds. The zero-order valence-electron chi connectivity index (χ0n) is 9.50. The molecule has 1 aromatic carbocycles. The quantitative estimate of drug-likeness (QED) is 0.567. The molecule has 0 saturated heterocycles. The van der Waals surface area contributed by atoms with E-state index in [1.54, 1.807) is 6.07 Å². The highest BCUT2D eigenvalue weighted by Crippen LogP contribution is 2.11. The molecule has 0 spiro atoms. The predicted molar refractivity (Wildman–Crippen MR) is 59.8 cm³/mol. The van der Waals surface area contributed by atoms with Gasteiger partial charge < -0.3 is 0 Å². The van der Waals surface area contributed by atoms with Crippen LogP contribution in [-0.4, -0.2) is 11.6 Å². The Morgan fingerprint density at radius 3 is 2.44 bits per heavy atom. The van der Waals surface area contributed by atoms with Crippen LogP contribution in [0.2, 0.25) is 0 Å². The number of rotatable bonds is 5. The number of hydrogen-bond donors (Lipinski definition) is 0. The Balaban J connectivity index is 2.66. The Bertz CT molecular complexity index is 397. The highest BCUT2D eigenvalue weighted by atomic mass is 19.1. The average Bonchev–Trinajstić information content (AvgIpc) is 2.16. The first-order valence-corrected chi connectivity index (χ1v) is 5.30. The molecule has 0 aliphatic carbocycles. The van der Waals surface area contributed by atoms with Crippen LogP contribution in [0.1, 0.15) is 37.0 Å². The average molecular weight is 222 g/mol. The summed E-state index contributed by atoms with van der Waals surface area (Å²) in [5.41, 5.74) is -0.000365. The fourth-order valence-electron chi connectivity index (χ4n) is 1.49. The van der Waals surface area contributed by atoms with Crippen molar-refractivity contribution in [2.75, 3.05) is 0 Å². The van der Waals surface area contributed by atoms with Crippen LogP contribution in [0.3, 0.4) is 0 Å². The second kappa shape index (κ2) is 5.54. The minimum Gasteiger partial charge on any atom is -0.299 e. The van der Waals surface area contributed by atoms with Crippen molar-refractivity contribution in [3.8, 4) is 0 Å². The van der Waals surface area contributed by atoms with Gasteiger partial charge in [-0.25, -0.2) is 4.39 Å². The standard InChI is InChI=1S/C13H15FO2/c1-9(2)7-10(15)8-13(16)11-5-3-4-6-12(11)14/h3-6,9H,7-8H2,1-2H3. The van der Waals surface area contributed by atoms with Gasteiger partial charge in [0.15, 0.2) is 5.78 Å². The van der Waals surface area contributed by atoms with E-state index in [1.165, 1.54) is 18.2 Å². The van der Waals surface area contributed by atoms with Gasteiger partial charge in [-0.05, 0) is 18.1 Å². The second-order valence-corrected chi connectivity index (χ2v) is 4.22. The van der Waals surface area contributed by atoms with Gasteiger partial charge in [0.05, 0.1) is 12.0 Å². The molecule has 0 aliphatic heterocycles. The van der Waals surface area contributed by atoms with E-state index < -0.39 is 11.6 Å². The summed E-state index contributed by atoms with van der Waals surface area (Å²) in [4.78, 5) is 23.0. The number of Topliss-reactive ketones (excluding diaryl/α,β-unsaturated/α-hetero) is 2. The molecule has 16 heavy (non-hydrogen) atoms. The van der Waals surface area contributed by atoms with E-state index in [9.17, 15) is 14.0 Å². The molecule has 1 aromatic rings. The summed E-state index contributed by atoms with van der Waals surface area (Å²) in [6.45, 7) is 3.82. The molecule has 0 saturated carbocycles. The molecule has 0 bridgehead atoms. The fourth-order valence-corrected chi connectivity index (χ4v) is 1.49. The minimum absolute atomic E-state index is 0.000365. The van der Waals surface area contributed by atoms with Gasteiger partial charge in [0.2, 0.25) is 0 Å². The number of hydrogen-bond acceptors (Lipinski definition) is 2. The van der Waals surface area contributed by atoms with Gasteiger partial charge in [0, 0.05) is 6.42 Å². The first-order valence-electron chi connectivity index (χ1n) is 5.30. The summed E-state index contributed by atoms with van der Waals surface area (Å²) in [6, 6.07) is 5.73. The molecular formula is C13H15FO2. The molecule has 1 rings (SSSR count). The summed E-state index contributed by atoms with van der Waals surface area (Å²) in [5, 5.41) is 0. The van der Waals surface area contributed by atoms with Gasteiger partial charge in [0.25, 0.3) is 0 Å². The van der Waals surface area contributed by atoms with E-state index in [2.05, 4.69) is 0 Å². The highest BCUT2D eigenvalue weighted by Gasteiger charge is 2.15. The lowest BCUT2D eigenvalue weighted by molar-refractivity contribution is -0.118. The summed E-state index contributed by atoms with van der Waals surface area (Å²) < 4.78 is 13.2. The van der Waals surface area contributed by atoms with E-state index in [-0.39, 0.29) is 23.7 Å². The van der Waals surface area contributed by atoms with Crippen molar-refractivity contribution >= 4 is 11.6 Å². The van der Waals surface area contributed by atoms with E-state index in [1.807, 2.05) is 13.8 Å². The molecule has 0 radical (unpaired) electrons. The minimum atomic E-state index is -0.565. The third kappa shape index (κ3) is 3.57. The Kier molecular flexibility index (Phi) is 4.35. The molecular weight excluding hydrogens is 207 g/mol. The number of carbonyl (C=O) groups is 2. The number of halogens is 1. The van der Waals surface area contributed by atoms with E-state index in [0.717, 1.165) is 0 Å². The number of carbonyl (C=O) groups excluding carboxylic acids is 2. The summed E-state index contributed by atoms with van der Waals surface area (Å²) in [5.74, 6) is -0.919. The molecule has 2 nitrogen and oxygen atoms in total. The smallest absolute Gasteiger partial charge is 0.173 e. The summed E-state index contributed by atoms with van der Waals surface area (Å²) in [7, 11) is 0. The zero-order chi connectivity index (χ0) is 12.1. The zero-order valence-corrected chi connectivity index (χ0v) is 9.50. The SMILES string of the molecule is CC(C)CC(=O)CC(=O)c1ccccc1F. The van der Waals surface area contributed by atoms with Crippen molar-refractivity contribution in [2.24, 2.45) is 5.92 Å². The lowest BCUT2D eigenvalue weighted by Gasteiger charge is -2.04. The number of benzene rings is 1. The Morgan fingerprint density at radius 1 is 1.25 bits per heavy atom. The molecule has 0 unspecified atom stereocenters. The van der Waals surface area contributed by atoms with Crippen molar-refractivity contribution in [1.29, 1.82) is 0 Å². The molecule has 86 valence electrons. The second-order valence-electron chi connectivity index (χ2n) is 4.22. The maximum atomic E-state index is 13.2. The van der Waals surface area contributed by atoms with Crippen LogP contribution in [0, 0.1) is 11.7 Å².